The van der Waals surface area contributed by atoms with E-state index >= 15 is 0 Å². The second-order valence-corrected chi connectivity index (χ2v) is 6.45. The molecule has 11 heavy (non-hydrogen) atoms. The molecule has 0 aromatic rings. The molecule has 2 aliphatic carbocycles. The maximum atomic E-state index is 11.1. The zero-order chi connectivity index (χ0) is 8.22. The van der Waals surface area contributed by atoms with Crippen LogP contribution in [0.3, 0.4) is 0 Å². The van der Waals surface area contributed by atoms with Gasteiger partial charge in [-0.2, -0.15) is 0 Å². The van der Waals surface area contributed by atoms with Gasteiger partial charge in [0.05, 0.1) is 9.15 Å². The topological polar surface area (TPSA) is 34.1 Å². The van der Waals surface area contributed by atoms with Crippen molar-refractivity contribution in [3.8, 4) is 0 Å². The predicted octanol–water partition coefficient (Wildman–Crippen LogP) is 1.43. The van der Waals surface area contributed by atoms with Gasteiger partial charge in [-0.25, -0.2) is 0 Å². The van der Waals surface area contributed by atoms with E-state index in [1.165, 1.54) is 6.08 Å². The largest absolute Gasteiger partial charge is 0.290 e. The molecule has 1 saturated carbocycles. The summed E-state index contributed by atoms with van der Waals surface area (Å²) in [6, 6.07) is 0. The molecule has 2 atom stereocenters. The Balaban J connectivity index is 2.37. The van der Waals surface area contributed by atoms with E-state index in [4.69, 9.17) is 0 Å². The van der Waals surface area contributed by atoms with Crippen LogP contribution in [0.4, 0.5) is 0 Å². The fourth-order valence-electron chi connectivity index (χ4n) is 1.35. The third-order valence-corrected chi connectivity index (χ3v) is 4.13. The quantitative estimate of drug-likeness (QED) is 0.497. The zero-order valence-corrected chi connectivity index (χ0v) is 8.55. The molecule has 2 aliphatic rings. The summed E-state index contributed by atoms with van der Waals surface area (Å²) in [6.07, 6.45) is 3.13. The van der Waals surface area contributed by atoms with E-state index in [1.807, 2.05) is 0 Å². The molecule has 4 heteroatoms. The average Bonchev–Trinajstić information content (AvgIpc) is 2.46. The summed E-state index contributed by atoms with van der Waals surface area (Å²) in [6.45, 7) is 0. The number of carbonyl (C=O) groups excluding carboxylic acids is 2. The maximum Gasteiger partial charge on any atom is 0.221 e. The number of carbonyl (C=O) groups is 2. The molecule has 1 fully saturated rings. The molecule has 0 bridgehead atoms. The Morgan fingerprint density at radius 1 is 1.36 bits per heavy atom. The van der Waals surface area contributed by atoms with Crippen molar-refractivity contribution < 1.29 is 9.59 Å². The fraction of sp³-hybridized carbons (Fsp3) is 0.429. The number of allylic oxidation sites excluding steroid dienone is 2. The fourth-order valence-corrected chi connectivity index (χ4v) is 2.91. The first-order valence-corrected chi connectivity index (χ1v) is 4.78. The number of alkyl halides is 2. The van der Waals surface area contributed by atoms with Crippen LogP contribution in [-0.2, 0) is 9.59 Å². The van der Waals surface area contributed by atoms with E-state index < -0.39 is 0 Å². The number of Topliss-reactive ketones (excluding diaryl/α,β-unsaturated/α-hetero) is 1. The minimum atomic E-state index is -0.382. The van der Waals surface area contributed by atoms with Gasteiger partial charge in [0.1, 0.15) is 0 Å². The SMILES string of the molecule is O=C1C=C[C@@H]2[C@H](C1=O)C2(Br)Br. The van der Waals surface area contributed by atoms with E-state index in [-0.39, 0.29) is 26.6 Å². The van der Waals surface area contributed by atoms with Gasteiger partial charge in [0.25, 0.3) is 0 Å². The number of rotatable bonds is 0. The van der Waals surface area contributed by atoms with Crippen LogP contribution in [0.5, 0.6) is 0 Å². The highest BCUT2D eigenvalue weighted by Gasteiger charge is 2.66. The lowest BCUT2D eigenvalue weighted by molar-refractivity contribution is -0.135. The lowest BCUT2D eigenvalue weighted by Crippen LogP contribution is -2.18. The number of hydrogen-bond donors (Lipinski definition) is 0. The minimum Gasteiger partial charge on any atom is -0.290 e. The van der Waals surface area contributed by atoms with E-state index in [9.17, 15) is 9.59 Å². The summed E-state index contributed by atoms with van der Waals surface area (Å²) in [5.41, 5.74) is 0. The van der Waals surface area contributed by atoms with Crippen molar-refractivity contribution in [2.45, 2.75) is 3.23 Å². The highest BCUT2D eigenvalue weighted by atomic mass is 79.9. The van der Waals surface area contributed by atoms with Crippen molar-refractivity contribution in [3.05, 3.63) is 12.2 Å². The monoisotopic (exact) mass is 278 g/mol. The highest BCUT2D eigenvalue weighted by Crippen LogP contribution is 2.64. The lowest BCUT2D eigenvalue weighted by atomic mass is 10.1. The van der Waals surface area contributed by atoms with Gasteiger partial charge >= 0.3 is 0 Å². The van der Waals surface area contributed by atoms with Gasteiger partial charge < -0.3 is 0 Å². The van der Waals surface area contributed by atoms with E-state index in [0.29, 0.717) is 0 Å². The van der Waals surface area contributed by atoms with E-state index in [2.05, 4.69) is 31.9 Å². The second kappa shape index (κ2) is 2.04. The van der Waals surface area contributed by atoms with Gasteiger partial charge in [-0.1, -0.05) is 37.9 Å². The van der Waals surface area contributed by atoms with Crippen molar-refractivity contribution in [1.82, 2.24) is 0 Å². The van der Waals surface area contributed by atoms with Gasteiger partial charge in [0.15, 0.2) is 0 Å². The van der Waals surface area contributed by atoms with Gasteiger partial charge in [-0.3, -0.25) is 9.59 Å². The molecular weight excluding hydrogens is 276 g/mol. The molecule has 0 aliphatic heterocycles. The minimum absolute atomic E-state index is 0.160. The molecule has 58 valence electrons. The van der Waals surface area contributed by atoms with Gasteiger partial charge in [-0.15, -0.1) is 0 Å². The smallest absolute Gasteiger partial charge is 0.221 e. The molecule has 0 saturated heterocycles. The molecule has 0 unspecified atom stereocenters. The van der Waals surface area contributed by atoms with Crippen LogP contribution >= 0.6 is 31.9 Å². The summed E-state index contributed by atoms with van der Waals surface area (Å²) in [5.74, 6) is -0.689. The Labute approximate surface area is 80.3 Å². The Hall–Kier alpha value is 0.0400. The average molecular weight is 280 g/mol. The Kier molecular flexibility index (Phi) is 1.43. The van der Waals surface area contributed by atoms with Crippen LogP contribution in [0.25, 0.3) is 0 Å². The Bertz CT molecular complexity index is 280. The van der Waals surface area contributed by atoms with Crippen LogP contribution in [-0.4, -0.2) is 14.8 Å². The van der Waals surface area contributed by atoms with Crippen LogP contribution < -0.4 is 0 Å². The summed E-state index contributed by atoms with van der Waals surface area (Å²) in [5, 5.41) is 0. The Morgan fingerprint density at radius 2 is 2.00 bits per heavy atom. The number of hydrogen-bond acceptors (Lipinski definition) is 2. The molecular formula is C7H4Br2O2. The molecule has 0 amide bonds. The molecule has 0 N–H and O–H groups in total. The second-order valence-electron chi connectivity index (χ2n) is 2.77. The standard InChI is InChI=1S/C7H4Br2O2/c8-7(9)3-1-2-4(10)6(11)5(3)7/h1-3,5H/t3-,5-/m1/s1. The molecule has 0 radical (unpaired) electrons. The number of ketones is 2. The first-order valence-electron chi connectivity index (χ1n) is 3.19. The summed E-state index contributed by atoms with van der Waals surface area (Å²) in [4.78, 5) is 22.0. The van der Waals surface area contributed by atoms with E-state index in [1.54, 1.807) is 6.08 Å². The third-order valence-electron chi connectivity index (χ3n) is 2.09. The van der Waals surface area contributed by atoms with Crippen molar-refractivity contribution >= 4 is 43.4 Å². The van der Waals surface area contributed by atoms with Crippen LogP contribution in [0, 0.1) is 11.8 Å². The highest BCUT2D eigenvalue weighted by molar-refractivity contribution is 9.25. The van der Waals surface area contributed by atoms with Gasteiger partial charge in [0.2, 0.25) is 11.6 Å². The van der Waals surface area contributed by atoms with Crippen molar-refractivity contribution in [2.75, 3.05) is 0 Å². The predicted molar refractivity (Wildman–Crippen MR) is 46.7 cm³/mol. The number of halogens is 2. The van der Waals surface area contributed by atoms with Crippen LogP contribution in [0.1, 0.15) is 0 Å². The van der Waals surface area contributed by atoms with Gasteiger partial charge in [0, 0.05) is 5.92 Å². The molecule has 2 rings (SSSR count). The number of fused-ring (bicyclic) bond motifs is 1. The van der Waals surface area contributed by atoms with Crippen molar-refractivity contribution in [3.63, 3.8) is 0 Å². The first kappa shape index (κ1) is 7.68. The Morgan fingerprint density at radius 3 is 2.55 bits per heavy atom. The summed E-state index contributed by atoms with van der Waals surface area (Å²) in [7, 11) is 0. The van der Waals surface area contributed by atoms with E-state index in [0.717, 1.165) is 0 Å². The zero-order valence-electron chi connectivity index (χ0n) is 5.38. The molecule has 0 heterocycles. The van der Waals surface area contributed by atoms with Crippen molar-refractivity contribution in [2.24, 2.45) is 11.8 Å². The van der Waals surface area contributed by atoms with Crippen LogP contribution in [0.15, 0.2) is 12.2 Å². The van der Waals surface area contributed by atoms with Crippen molar-refractivity contribution in [1.29, 1.82) is 0 Å². The molecule has 2 nitrogen and oxygen atoms in total. The molecule has 0 aromatic heterocycles. The normalized spacial score (nSPS) is 38.7. The van der Waals surface area contributed by atoms with Crippen LogP contribution in [0.2, 0.25) is 0 Å². The molecule has 0 aromatic carbocycles. The third kappa shape index (κ3) is 0.888. The summed E-state index contributed by atoms with van der Waals surface area (Å²) < 4.78 is -0.334. The maximum absolute atomic E-state index is 11.1. The van der Waals surface area contributed by atoms with Gasteiger partial charge in [-0.05, 0) is 6.08 Å². The molecule has 0 spiro atoms. The first-order chi connectivity index (χ1) is 5.05. The summed E-state index contributed by atoms with van der Waals surface area (Å²) >= 11 is 6.68. The lowest BCUT2D eigenvalue weighted by Gasteiger charge is -1.95.